The number of halogens is 4. The SMILES string of the molecule is O=C(NCc1cccs1)c1ccccc1-n1cnc(Cn2nc(-c3ccc(Cl)cc3)n(C[C@H](O)C(F)(F)F)c2=O)n1. The van der Waals surface area contributed by atoms with E-state index in [1.165, 1.54) is 46.6 Å². The molecular formula is C26H21ClF3N7O3S. The minimum Gasteiger partial charge on any atom is -0.382 e. The molecule has 0 spiro atoms. The molecule has 3 heterocycles. The third-order valence-corrected chi connectivity index (χ3v) is 7.12. The van der Waals surface area contributed by atoms with Gasteiger partial charge in [0, 0.05) is 15.5 Å². The number of aliphatic hydroxyl groups is 1. The second-order valence-electron chi connectivity index (χ2n) is 8.82. The maximum absolute atomic E-state index is 13.1. The summed E-state index contributed by atoms with van der Waals surface area (Å²) in [6.07, 6.45) is -6.37. The Balaban J connectivity index is 1.42. The van der Waals surface area contributed by atoms with Crippen LogP contribution in [0.3, 0.4) is 0 Å². The number of aromatic nitrogens is 6. The van der Waals surface area contributed by atoms with Crippen molar-refractivity contribution in [3.05, 3.63) is 104 Å². The number of nitrogens with one attached hydrogen (secondary N) is 1. The highest BCUT2D eigenvalue weighted by Gasteiger charge is 2.39. The Labute approximate surface area is 239 Å². The summed E-state index contributed by atoms with van der Waals surface area (Å²) in [5, 5.41) is 23.4. The summed E-state index contributed by atoms with van der Waals surface area (Å²) in [5.41, 5.74) is 0.194. The van der Waals surface area contributed by atoms with E-state index in [2.05, 4.69) is 20.5 Å². The Hall–Kier alpha value is -4.27. The lowest BCUT2D eigenvalue weighted by Crippen LogP contribution is -2.37. The Bertz CT molecular complexity index is 1710. The van der Waals surface area contributed by atoms with Crippen LogP contribution >= 0.6 is 22.9 Å². The standard InChI is InChI=1S/C26H21ClF3N7O3S/c27-17-9-7-16(8-10-17)23-34-36(25(40)35(23)13-21(38)26(28,29)30)14-22-32-15-37(33-22)20-6-2-1-5-19(20)24(39)31-12-18-4-3-11-41-18/h1-11,15,21,38H,12-14H2,(H,31,39)/t21-/m0/s1. The Kier molecular flexibility index (Phi) is 8.06. The summed E-state index contributed by atoms with van der Waals surface area (Å²) in [6.45, 7) is -0.984. The quantitative estimate of drug-likeness (QED) is 0.264. The highest BCUT2D eigenvalue weighted by atomic mass is 35.5. The molecule has 2 aromatic carbocycles. The van der Waals surface area contributed by atoms with Crippen molar-refractivity contribution < 1.29 is 23.1 Å². The first-order valence-electron chi connectivity index (χ1n) is 12.1. The topological polar surface area (TPSA) is 120 Å². The summed E-state index contributed by atoms with van der Waals surface area (Å²) in [4.78, 5) is 31.2. The molecule has 1 atom stereocenters. The van der Waals surface area contributed by atoms with Crippen molar-refractivity contribution in [2.45, 2.75) is 31.9 Å². The molecule has 212 valence electrons. The minimum atomic E-state index is -4.94. The van der Waals surface area contributed by atoms with Gasteiger partial charge in [0.2, 0.25) is 0 Å². The van der Waals surface area contributed by atoms with Crippen LogP contribution in [0.15, 0.2) is 77.2 Å². The van der Waals surface area contributed by atoms with Gasteiger partial charge in [0.1, 0.15) is 12.9 Å². The number of hydrogen-bond acceptors (Lipinski definition) is 7. The first-order valence-corrected chi connectivity index (χ1v) is 13.3. The number of para-hydroxylation sites is 1. The van der Waals surface area contributed by atoms with Crippen molar-refractivity contribution in [2.75, 3.05) is 0 Å². The van der Waals surface area contributed by atoms with E-state index in [4.69, 9.17) is 11.6 Å². The van der Waals surface area contributed by atoms with Crippen LogP contribution in [-0.2, 0) is 19.6 Å². The summed E-state index contributed by atoms with van der Waals surface area (Å²) in [5.74, 6) is -0.302. The van der Waals surface area contributed by atoms with Gasteiger partial charge in [0.25, 0.3) is 5.91 Å². The number of nitrogens with zero attached hydrogens (tertiary/aromatic N) is 6. The van der Waals surface area contributed by atoms with Crippen LogP contribution in [-0.4, -0.2) is 52.4 Å². The number of alkyl halides is 3. The minimum absolute atomic E-state index is 0.0952. The van der Waals surface area contributed by atoms with Crippen LogP contribution < -0.4 is 11.0 Å². The zero-order valence-corrected chi connectivity index (χ0v) is 22.6. The molecule has 0 saturated heterocycles. The average molecular weight is 604 g/mol. The molecule has 0 aliphatic carbocycles. The molecule has 15 heteroatoms. The molecule has 0 fully saturated rings. The van der Waals surface area contributed by atoms with Gasteiger partial charge in [0.15, 0.2) is 17.8 Å². The smallest absolute Gasteiger partial charge is 0.382 e. The van der Waals surface area contributed by atoms with E-state index in [0.717, 1.165) is 14.1 Å². The van der Waals surface area contributed by atoms with Crippen molar-refractivity contribution in [1.29, 1.82) is 0 Å². The molecule has 0 unspecified atom stereocenters. The summed E-state index contributed by atoms with van der Waals surface area (Å²) >= 11 is 7.44. The van der Waals surface area contributed by atoms with Crippen LogP contribution in [0.4, 0.5) is 13.2 Å². The number of benzene rings is 2. The number of amides is 1. The van der Waals surface area contributed by atoms with E-state index in [-0.39, 0.29) is 24.1 Å². The lowest BCUT2D eigenvalue weighted by atomic mass is 10.1. The van der Waals surface area contributed by atoms with Crippen LogP contribution in [0.5, 0.6) is 0 Å². The number of aliphatic hydroxyl groups excluding tert-OH is 1. The molecule has 0 aliphatic heterocycles. The van der Waals surface area contributed by atoms with Crippen molar-refractivity contribution in [1.82, 2.24) is 34.4 Å². The van der Waals surface area contributed by atoms with Crippen molar-refractivity contribution in [3.63, 3.8) is 0 Å². The van der Waals surface area contributed by atoms with E-state index in [1.807, 2.05) is 17.5 Å². The zero-order valence-electron chi connectivity index (χ0n) is 21.0. The molecule has 0 aliphatic rings. The van der Waals surface area contributed by atoms with Crippen LogP contribution in [0, 0.1) is 0 Å². The second-order valence-corrected chi connectivity index (χ2v) is 10.3. The van der Waals surface area contributed by atoms with Crippen LogP contribution in [0.1, 0.15) is 21.1 Å². The van der Waals surface area contributed by atoms with Gasteiger partial charge in [-0.1, -0.05) is 29.8 Å². The third-order valence-electron chi connectivity index (χ3n) is 5.99. The number of thiophene rings is 1. The molecule has 0 bridgehead atoms. The van der Waals surface area contributed by atoms with Gasteiger partial charge in [-0.25, -0.2) is 19.1 Å². The van der Waals surface area contributed by atoms with E-state index < -0.39 is 24.5 Å². The highest BCUT2D eigenvalue weighted by Crippen LogP contribution is 2.24. The molecular weight excluding hydrogens is 583 g/mol. The normalized spacial score (nSPS) is 12.4. The fraction of sp³-hybridized carbons (Fsp3) is 0.192. The number of hydrogen-bond donors (Lipinski definition) is 2. The van der Waals surface area contributed by atoms with Gasteiger partial charge in [-0.3, -0.25) is 9.36 Å². The van der Waals surface area contributed by atoms with Gasteiger partial charge in [-0.05, 0) is 47.8 Å². The maximum Gasteiger partial charge on any atom is 0.416 e. The molecule has 2 N–H and O–H groups in total. The van der Waals surface area contributed by atoms with E-state index in [1.54, 1.807) is 24.3 Å². The molecule has 5 aromatic rings. The zero-order chi connectivity index (χ0) is 29.1. The second kappa shape index (κ2) is 11.7. The fourth-order valence-corrected chi connectivity index (χ4v) is 4.73. The lowest BCUT2D eigenvalue weighted by Gasteiger charge is -2.15. The molecule has 10 nitrogen and oxygen atoms in total. The average Bonchev–Trinajstić information content (AvgIpc) is 3.70. The monoisotopic (exact) mass is 603 g/mol. The van der Waals surface area contributed by atoms with Gasteiger partial charge in [-0.15, -0.1) is 21.5 Å². The molecule has 0 saturated carbocycles. The van der Waals surface area contributed by atoms with E-state index >= 15 is 0 Å². The van der Waals surface area contributed by atoms with E-state index in [9.17, 15) is 27.9 Å². The Morgan fingerprint density at radius 3 is 2.54 bits per heavy atom. The molecule has 3 aromatic heterocycles. The highest BCUT2D eigenvalue weighted by molar-refractivity contribution is 7.09. The maximum atomic E-state index is 13.1. The van der Waals surface area contributed by atoms with Crippen molar-refractivity contribution in [2.24, 2.45) is 0 Å². The first-order chi connectivity index (χ1) is 19.6. The number of carbonyl (C=O) groups is 1. The van der Waals surface area contributed by atoms with Crippen LogP contribution in [0.25, 0.3) is 17.1 Å². The molecule has 1 amide bonds. The Morgan fingerprint density at radius 2 is 1.83 bits per heavy atom. The number of carbonyl (C=O) groups excluding carboxylic acids is 1. The van der Waals surface area contributed by atoms with Crippen molar-refractivity contribution >= 4 is 28.8 Å². The van der Waals surface area contributed by atoms with Gasteiger partial charge in [0.05, 0.1) is 24.3 Å². The predicted molar refractivity (Wildman–Crippen MR) is 145 cm³/mol. The molecule has 0 radical (unpaired) electrons. The van der Waals surface area contributed by atoms with Crippen molar-refractivity contribution in [3.8, 4) is 17.1 Å². The van der Waals surface area contributed by atoms with Gasteiger partial charge >= 0.3 is 11.9 Å². The van der Waals surface area contributed by atoms with Gasteiger partial charge in [-0.2, -0.15) is 13.2 Å². The summed E-state index contributed by atoms with van der Waals surface area (Å²) < 4.78 is 42.4. The number of rotatable bonds is 9. The van der Waals surface area contributed by atoms with E-state index in [0.29, 0.717) is 28.4 Å². The van der Waals surface area contributed by atoms with Gasteiger partial charge < -0.3 is 10.4 Å². The Morgan fingerprint density at radius 1 is 1.07 bits per heavy atom. The molecule has 41 heavy (non-hydrogen) atoms. The lowest BCUT2D eigenvalue weighted by molar-refractivity contribution is -0.207. The predicted octanol–water partition coefficient (Wildman–Crippen LogP) is 3.91. The summed E-state index contributed by atoms with van der Waals surface area (Å²) in [6, 6.07) is 16.5. The first kappa shape index (κ1) is 28.3. The largest absolute Gasteiger partial charge is 0.416 e. The summed E-state index contributed by atoms with van der Waals surface area (Å²) in [7, 11) is 0. The fourth-order valence-electron chi connectivity index (χ4n) is 3.96. The third kappa shape index (κ3) is 6.39. The van der Waals surface area contributed by atoms with Crippen LogP contribution in [0.2, 0.25) is 5.02 Å². The molecule has 5 rings (SSSR count).